The van der Waals surface area contributed by atoms with Crippen LogP contribution in [0.5, 0.6) is 5.88 Å². The van der Waals surface area contributed by atoms with Gasteiger partial charge in [0.2, 0.25) is 5.88 Å². The van der Waals surface area contributed by atoms with Gasteiger partial charge in [-0.2, -0.15) is 0 Å². The van der Waals surface area contributed by atoms with Gasteiger partial charge in [-0.05, 0) is 23.8 Å². The highest BCUT2D eigenvalue weighted by Gasteiger charge is 2.13. The predicted molar refractivity (Wildman–Crippen MR) is 104 cm³/mol. The van der Waals surface area contributed by atoms with Gasteiger partial charge in [-0.1, -0.05) is 18.2 Å². The minimum atomic E-state index is -0.145. The Hall–Kier alpha value is -3.61. The van der Waals surface area contributed by atoms with Gasteiger partial charge in [0.15, 0.2) is 5.65 Å². The van der Waals surface area contributed by atoms with Crippen LogP contribution in [-0.4, -0.2) is 26.0 Å². The number of para-hydroxylation sites is 1. The normalized spacial score (nSPS) is 10.9. The van der Waals surface area contributed by atoms with Gasteiger partial charge < -0.3 is 14.6 Å². The summed E-state index contributed by atoms with van der Waals surface area (Å²) in [6.45, 7) is 0.522. The number of hydrogen-bond acceptors (Lipinski definition) is 5. The summed E-state index contributed by atoms with van der Waals surface area (Å²) < 4.78 is 8.34. The van der Waals surface area contributed by atoms with Crippen LogP contribution >= 0.6 is 0 Å². The molecule has 3 aromatic heterocycles. The third-order valence-corrected chi connectivity index (χ3v) is 4.33. The second-order valence-electron chi connectivity index (χ2n) is 6.17. The molecule has 7 nitrogen and oxygen atoms in total. The van der Waals surface area contributed by atoms with Crippen LogP contribution in [-0.2, 0) is 13.6 Å². The van der Waals surface area contributed by atoms with Crippen molar-refractivity contribution < 1.29 is 4.74 Å². The Morgan fingerprint density at radius 1 is 1.15 bits per heavy atom. The zero-order chi connectivity index (χ0) is 18.8. The maximum absolute atomic E-state index is 12.6. The molecule has 0 atom stereocenters. The molecule has 0 saturated carbocycles. The van der Waals surface area contributed by atoms with Gasteiger partial charge in [0.05, 0.1) is 19.3 Å². The minimum absolute atomic E-state index is 0.145. The van der Waals surface area contributed by atoms with E-state index in [-0.39, 0.29) is 5.69 Å². The zero-order valence-corrected chi connectivity index (χ0v) is 15.1. The number of hydrogen-bond donors (Lipinski definition) is 1. The first-order valence-electron chi connectivity index (χ1n) is 8.52. The highest BCUT2D eigenvalue weighted by molar-refractivity contribution is 5.77. The van der Waals surface area contributed by atoms with E-state index in [1.807, 2.05) is 42.5 Å². The Morgan fingerprint density at radius 3 is 2.74 bits per heavy atom. The molecule has 0 amide bonds. The number of pyridine rings is 1. The molecule has 0 aliphatic heterocycles. The highest BCUT2D eigenvalue weighted by Crippen LogP contribution is 2.25. The highest BCUT2D eigenvalue weighted by atomic mass is 16.5. The standard InChI is InChI=1S/C20H19N5O2/c1-24-13-17(14-8-9-21-18(10-14)27-2)19-23-16(12-25(19)20(24)26)11-22-15-6-4-3-5-7-15/h3-10,12-13,22H,11H2,1-2H3. The molecule has 0 spiro atoms. The van der Waals surface area contributed by atoms with Crippen LogP contribution in [0.1, 0.15) is 5.69 Å². The summed E-state index contributed by atoms with van der Waals surface area (Å²) in [6.07, 6.45) is 5.24. The lowest BCUT2D eigenvalue weighted by atomic mass is 10.1. The molecule has 0 bridgehead atoms. The molecule has 4 aromatic rings. The Bertz CT molecular complexity index is 1150. The monoisotopic (exact) mass is 361 g/mol. The average Bonchev–Trinajstić information content (AvgIpc) is 3.14. The van der Waals surface area contributed by atoms with Gasteiger partial charge in [0.1, 0.15) is 0 Å². The lowest BCUT2D eigenvalue weighted by Gasteiger charge is -2.07. The van der Waals surface area contributed by atoms with Crippen LogP contribution < -0.4 is 15.7 Å². The fourth-order valence-corrected chi connectivity index (χ4v) is 2.97. The third kappa shape index (κ3) is 3.27. The van der Waals surface area contributed by atoms with Crippen molar-refractivity contribution in [2.45, 2.75) is 6.54 Å². The van der Waals surface area contributed by atoms with Gasteiger partial charge in [0.25, 0.3) is 0 Å². The van der Waals surface area contributed by atoms with E-state index >= 15 is 0 Å². The first-order valence-corrected chi connectivity index (χ1v) is 8.52. The van der Waals surface area contributed by atoms with E-state index in [1.165, 1.54) is 0 Å². The van der Waals surface area contributed by atoms with Crippen LogP contribution in [0.4, 0.5) is 5.69 Å². The molecule has 1 aromatic carbocycles. The number of fused-ring (bicyclic) bond motifs is 1. The molecule has 0 aliphatic carbocycles. The molecule has 136 valence electrons. The van der Waals surface area contributed by atoms with Crippen molar-refractivity contribution in [3.05, 3.63) is 77.2 Å². The van der Waals surface area contributed by atoms with E-state index in [1.54, 1.807) is 41.7 Å². The van der Waals surface area contributed by atoms with E-state index in [0.29, 0.717) is 18.1 Å². The first-order chi connectivity index (χ1) is 13.2. The number of benzene rings is 1. The Balaban J connectivity index is 1.77. The van der Waals surface area contributed by atoms with Gasteiger partial charge >= 0.3 is 5.69 Å². The minimum Gasteiger partial charge on any atom is -0.481 e. The number of nitrogens with zero attached hydrogens (tertiary/aromatic N) is 4. The van der Waals surface area contributed by atoms with Crippen molar-refractivity contribution in [2.24, 2.45) is 7.05 Å². The maximum atomic E-state index is 12.6. The van der Waals surface area contributed by atoms with Gasteiger partial charge in [-0.25, -0.2) is 14.8 Å². The fourth-order valence-electron chi connectivity index (χ4n) is 2.97. The molecular weight excluding hydrogens is 342 g/mol. The van der Waals surface area contributed by atoms with E-state index in [9.17, 15) is 4.79 Å². The van der Waals surface area contributed by atoms with Gasteiger partial charge in [-0.3, -0.25) is 4.40 Å². The molecule has 0 unspecified atom stereocenters. The lowest BCUT2D eigenvalue weighted by Crippen LogP contribution is -2.23. The number of aryl methyl sites for hydroxylation is 1. The third-order valence-electron chi connectivity index (χ3n) is 4.33. The number of imidazole rings is 1. The summed E-state index contributed by atoms with van der Waals surface area (Å²) in [5.74, 6) is 0.511. The summed E-state index contributed by atoms with van der Waals surface area (Å²) >= 11 is 0. The summed E-state index contributed by atoms with van der Waals surface area (Å²) in [5.41, 5.74) is 3.97. The summed E-state index contributed by atoms with van der Waals surface area (Å²) in [6, 6.07) is 13.6. The zero-order valence-electron chi connectivity index (χ0n) is 15.1. The van der Waals surface area contributed by atoms with E-state index in [2.05, 4.69) is 15.3 Å². The van der Waals surface area contributed by atoms with Crippen LogP contribution in [0.3, 0.4) is 0 Å². The van der Waals surface area contributed by atoms with E-state index in [0.717, 1.165) is 22.5 Å². The van der Waals surface area contributed by atoms with Gasteiger partial charge in [-0.15, -0.1) is 0 Å². The Morgan fingerprint density at radius 2 is 1.96 bits per heavy atom. The molecular formula is C20H19N5O2. The Kier molecular flexibility index (Phi) is 4.33. The molecule has 0 radical (unpaired) electrons. The molecule has 0 aliphatic rings. The SMILES string of the molecule is COc1cc(-c2cn(C)c(=O)n3cc(CNc4ccccc4)nc23)ccn1. The largest absolute Gasteiger partial charge is 0.481 e. The number of aromatic nitrogens is 4. The van der Waals surface area contributed by atoms with Crippen molar-refractivity contribution in [1.82, 2.24) is 18.9 Å². The molecule has 3 heterocycles. The van der Waals surface area contributed by atoms with Crippen molar-refractivity contribution in [3.8, 4) is 17.0 Å². The van der Waals surface area contributed by atoms with Crippen LogP contribution in [0.25, 0.3) is 16.8 Å². The van der Waals surface area contributed by atoms with Gasteiger partial charge in [0, 0.05) is 43.0 Å². The predicted octanol–water partition coefficient (Wildman–Crippen LogP) is 2.72. The smallest absolute Gasteiger partial charge is 0.333 e. The number of methoxy groups -OCH3 is 1. The number of anilines is 1. The first kappa shape index (κ1) is 16.8. The topological polar surface area (TPSA) is 73.5 Å². The quantitative estimate of drug-likeness (QED) is 0.592. The Labute approximate surface area is 155 Å². The summed E-state index contributed by atoms with van der Waals surface area (Å²) in [7, 11) is 3.30. The lowest BCUT2D eigenvalue weighted by molar-refractivity contribution is 0.398. The van der Waals surface area contributed by atoms with Crippen molar-refractivity contribution in [1.29, 1.82) is 0 Å². The van der Waals surface area contributed by atoms with Crippen molar-refractivity contribution in [3.63, 3.8) is 0 Å². The average molecular weight is 361 g/mol. The van der Waals surface area contributed by atoms with Crippen LogP contribution in [0, 0.1) is 0 Å². The van der Waals surface area contributed by atoms with Crippen molar-refractivity contribution >= 4 is 11.3 Å². The number of rotatable bonds is 5. The fraction of sp³-hybridized carbons (Fsp3) is 0.150. The number of ether oxygens (including phenoxy) is 1. The molecule has 4 rings (SSSR count). The van der Waals surface area contributed by atoms with Crippen LogP contribution in [0.15, 0.2) is 65.8 Å². The van der Waals surface area contributed by atoms with E-state index in [4.69, 9.17) is 4.74 Å². The number of nitrogens with one attached hydrogen (secondary N) is 1. The molecule has 27 heavy (non-hydrogen) atoms. The van der Waals surface area contributed by atoms with Crippen LogP contribution in [0.2, 0.25) is 0 Å². The molecule has 7 heteroatoms. The van der Waals surface area contributed by atoms with Crippen molar-refractivity contribution in [2.75, 3.05) is 12.4 Å². The summed E-state index contributed by atoms with van der Waals surface area (Å²) in [5, 5.41) is 3.32. The molecule has 1 N–H and O–H groups in total. The molecule has 0 fully saturated rings. The maximum Gasteiger partial charge on any atom is 0.333 e. The summed E-state index contributed by atoms with van der Waals surface area (Å²) in [4.78, 5) is 21.4. The van der Waals surface area contributed by atoms with E-state index < -0.39 is 0 Å². The molecule has 0 saturated heterocycles. The second-order valence-corrected chi connectivity index (χ2v) is 6.17. The second kappa shape index (κ2) is 6.95.